The molecular weight excluding hydrogens is 358 g/mol. The van der Waals surface area contributed by atoms with Crippen LogP contribution < -0.4 is 9.47 Å². The summed E-state index contributed by atoms with van der Waals surface area (Å²) in [6.45, 7) is 3.90. The number of ether oxygens (including phenoxy) is 2. The Hall–Kier alpha value is -1.98. The molecule has 142 valence electrons. The number of benzene rings is 2. The number of rotatable bonds is 5. The summed E-state index contributed by atoms with van der Waals surface area (Å²) in [5, 5.41) is 0. The number of likely N-dealkylation sites (tertiary alicyclic amines) is 1. The molecule has 1 unspecified atom stereocenters. The fourth-order valence-electron chi connectivity index (χ4n) is 3.93. The van der Waals surface area contributed by atoms with Gasteiger partial charge in [-0.15, -0.1) is 11.8 Å². The van der Waals surface area contributed by atoms with Gasteiger partial charge < -0.3 is 9.47 Å². The molecule has 0 spiro atoms. The zero-order chi connectivity index (χ0) is 18.6. The van der Waals surface area contributed by atoms with Gasteiger partial charge >= 0.3 is 0 Å². The second-order valence-electron chi connectivity index (χ2n) is 7.12. The largest absolute Gasteiger partial charge is 0.486 e. The van der Waals surface area contributed by atoms with E-state index >= 15 is 0 Å². The fraction of sp³-hybridized carbons (Fsp3) is 0.409. The molecule has 0 saturated carbocycles. The maximum absolute atomic E-state index is 13.1. The van der Waals surface area contributed by atoms with E-state index < -0.39 is 0 Å². The topological polar surface area (TPSA) is 38.8 Å². The van der Waals surface area contributed by atoms with Crippen LogP contribution >= 0.6 is 11.8 Å². The van der Waals surface area contributed by atoms with Crippen LogP contribution in [-0.2, 0) is 6.54 Å². The standard InChI is InChI=1S/C22H25NO3S/c1-27-21-7-3-2-6-18(21)22(24)17-5-4-10-23(15-17)14-16-8-9-19-20(13-16)26-12-11-25-19/h2-3,6-9,13,17H,4-5,10-12,14-15H2,1H3. The number of Topliss-reactive ketones (excluding diaryl/α,β-unsaturated/α-hetero) is 1. The molecule has 0 aliphatic carbocycles. The van der Waals surface area contributed by atoms with Crippen LogP contribution in [-0.4, -0.2) is 43.2 Å². The van der Waals surface area contributed by atoms with Crippen LogP contribution in [0.2, 0.25) is 0 Å². The highest BCUT2D eigenvalue weighted by atomic mass is 32.2. The first-order valence-corrected chi connectivity index (χ1v) is 10.7. The monoisotopic (exact) mass is 383 g/mol. The van der Waals surface area contributed by atoms with Gasteiger partial charge in [0, 0.05) is 29.5 Å². The van der Waals surface area contributed by atoms with E-state index in [2.05, 4.69) is 17.0 Å². The molecule has 2 aliphatic heterocycles. The van der Waals surface area contributed by atoms with Gasteiger partial charge in [-0.3, -0.25) is 9.69 Å². The van der Waals surface area contributed by atoms with E-state index in [1.54, 1.807) is 11.8 Å². The molecule has 2 heterocycles. The first kappa shape index (κ1) is 18.4. The molecular formula is C22H25NO3S. The van der Waals surface area contributed by atoms with Gasteiger partial charge in [-0.1, -0.05) is 24.3 Å². The maximum atomic E-state index is 13.1. The lowest BCUT2D eigenvalue weighted by atomic mass is 9.89. The highest BCUT2D eigenvalue weighted by molar-refractivity contribution is 7.98. The van der Waals surface area contributed by atoms with Crippen LogP contribution in [0.5, 0.6) is 11.5 Å². The van der Waals surface area contributed by atoms with Crippen LogP contribution in [0.4, 0.5) is 0 Å². The third-order valence-electron chi connectivity index (χ3n) is 5.26. The molecule has 0 bridgehead atoms. The van der Waals surface area contributed by atoms with E-state index in [0.717, 1.165) is 54.4 Å². The van der Waals surface area contributed by atoms with Gasteiger partial charge in [0.05, 0.1) is 0 Å². The normalized spacial score (nSPS) is 19.7. The zero-order valence-corrected chi connectivity index (χ0v) is 16.5. The van der Waals surface area contributed by atoms with Crippen LogP contribution in [0.15, 0.2) is 47.4 Å². The molecule has 2 aromatic carbocycles. The Morgan fingerprint density at radius 2 is 1.96 bits per heavy atom. The zero-order valence-electron chi connectivity index (χ0n) is 15.6. The Bertz CT molecular complexity index is 823. The minimum Gasteiger partial charge on any atom is -0.486 e. The van der Waals surface area contributed by atoms with Crippen molar-refractivity contribution in [2.45, 2.75) is 24.3 Å². The highest BCUT2D eigenvalue weighted by Gasteiger charge is 2.28. The van der Waals surface area contributed by atoms with E-state index in [4.69, 9.17) is 9.47 Å². The van der Waals surface area contributed by atoms with Crippen molar-refractivity contribution in [2.24, 2.45) is 5.92 Å². The summed E-state index contributed by atoms with van der Waals surface area (Å²) in [5.41, 5.74) is 2.08. The predicted molar refractivity (Wildman–Crippen MR) is 108 cm³/mol. The van der Waals surface area contributed by atoms with Crippen molar-refractivity contribution in [2.75, 3.05) is 32.6 Å². The number of hydrogen-bond donors (Lipinski definition) is 0. The molecule has 2 aromatic rings. The van der Waals surface area contributed by atoms with Crippen molar-refractivity contribution in [3.8, 4) is 11.5 Å². The summed E-state index contributed by atoms with van der Waals surface area (Å²) in [6, 6.07) is 14.1. The number of thioether (sulfide) groups is 1. The second kappa shape index (κ2) is 8.36. The minimum absolute atomic E-state index is 0.0734. The summed E-state index contributed by atoms with van der Waals surface area (Å²) in [6.07, 6.45) is 4.06. The van der Waals surface area contributed by atoms with Gasteiger partial charge in [0.2, 0.25) is 0 Å². The molecule has 2 aliphatic rings. The molecule has 0 N–H and O–H groups in total. The highest BCUT2D eigenvalue weighted by Crippen LogP contribution is 2.32. The summed E-state index contributed by atoms with van der Waals surface area (Å²) in [4.78, 5) is 16.6. The van der Waals surface area contributed by atoms with E-state index in [1.165, 1.54) is 5.56 Å². The number of ketones is 1. The minimum atomic E-state index is 0.0734. The van der Waals surface area contributed by atoms with Crippen LogP contribution in [0.3, 0.4) is 0 Å². The average molecular weight is 384 g/mol. The maximum Gasteiger partial charge on any atom is 0.168 e. The first-order chi connectivity index (χ1) is 13.2. The van der Waals surface area contributed by atoms with Crippen LogP contribution in [0.25, 0.3) is 0 Å². The molecule has 0 radical (unpaired) electrons. The molecule has 1 atom stereocenters. The number of nitrogens with zero attached hydrogens (tertiary/aromatic N) is 1. The Balaban J connectivity index is 1.44. The van der Waals surface area contributed by atoms with Crippen LogP contribution in [0.1, 0.15) is 28.8 Å². The van der Waals surface area contributed by atoms with Gasteiger partial charge in [0.25, 0.3) is 0 Å². The number of piperidine rings is 1. The number of fused-ring (bicyclic) bond motifs is 1. The van der Waals surface area contributed by atoms with Crippen molar-refractivity contribution in [1.82, 2.24) is 4.90 Å². The quantitative estimate of drug-likeness (QED) is 0.569. The van der Waals surface area contributed by atoms with E-state index in [0.29, 0.717) is 13.2 Å². The Labute approximate surface area is 164 Å². The second-order valence-corrected chi connectivity index (χ2v) is 7.96. The van der Waals surface area contributed by atoms with E-state index in [9.17, 15) is 4.79 Å². The molecule has 1 fully saturated rings. The van der Waals surface area contributed by atoms with E-state index in [-0.39, 0.29) is 11.7 Å². The Kier molecular flexibility index (Phi) is 5.69. The third kappa shape index (κ3) is 4.14. The lowest BCUT2D eigenvalue weighted by Gasteiger charge is -2.32. The average Bonchev–Trinajstić information content (AvgIpc) is 2.73. The molecule has 5 heteroatoms. The summed E-state index contributed by atoms with van der Waals surface area (Å²) >= 11 is 1.64. The molecule has 0 amide bonds. The SMILES string of the molecule is CSc1ccccc1C(=O)C1CCCN(Cc2ccc3c(c2)OCCO3)C1. The Morgan fingerprint density at radius 1 is 1.15 bits per heavy atom. The molecule has 27 heavy (non-hydrogen) atoms. The molecule has 4 rings (SSSR count). The summed E-state index contributed by atoms with van der Waals surface area (Å²) in [7, 11) is 0. The lowest BCUT2D eigenvalue weighted by Crippen LogP contribution is -2.38. The van der Waals surface area contributed by atoms with Crippen molar-refractivity contribution in [3.63, 3.8) is 0 Å². The predicted octanol–water partition coefficient (Wildman–Crippen LogP) is 4.27. The molecule has 4 nitrogen and oxygen atoms in total. The number of carbonyl (C=O) groups excluding carboxylic acids is 1. The summed E-state index contributed by atoms with van der Waals surface area (Å²) < 4.78 is 11.3. The Morgan fingerprint density at radius 3 is 2.81 bits per heavy atom. The number of hydrogen-bond acceptors (Lipinski definition) is 5. The van der Waals surface area contributed by atoms with E-state index in [1.807, 2.05) is 36.6 Å². The molecule has 0 aromatic heterocycles. The van der Waals surface area contributed by atoms with Crippen molar-refractivity contribution in [1.29, 1.82) is 0 Å². The fourth-order valence-corrected chi connectivity index (χ4v) is 4.53. The van der Waals surface area contributed by atoms with Crippen molar-refractivity contribution < 1.29 is 14.3 Å². The number of carbonyl (C=O) groups is 1. The van der Waals surface area contributed by atoms with Gasteiger partial charge in [-0.05, 0) is 49.4 Å². The van der Waals surface area contributed by atoms with Gasteiger partial charge in [-0.2, -0.15) is 0 Å². The lowest BCUT2D eigenvalue weighted by molar-refractivity contribution is 0.0808. The van der Waals surface area contributed by atoms with Crippen molar-refractivity contribution >= 4 is 17.5 Å². The van der Waals surface area contributed by atoms with Gasteiger partial charge in [0.1, 0.15) is 13.2 Å². The first-order valence-electron chi connectivity index (χ1n) is 9.52. The summed E-state index contributed by atoms with van der Waals surface area (Å²) in [5.74, 6) is 2.01. The molecule has 1 saturated heterocycles. The smallest absolute Gasteiger partial charge is 0.168 e. The van der Waals surface area contributed by atoms with Gasteiger partial charge in [0.15, 0.2) is 17.3 Å². The van der Waals surface area contributed by atoms with Crippen molar-refractivity contribution in [3.05, 3.63) is 53.6 Å². The van der Waals surface area contributed by atoms with Gasteiger partial charge in [-0.25, -0.2) is 0 Å². The third-order valence-corrected chi connectivity index (χ3v) is 6.06. The van der Waals surface area contributed by atoms with Crippen LogP contribution in [0, 0.1) is 5.92 Å².